The highest BCUT2D eigenvalue weighted by Crippen LogP contribution is 2.18. The van der Waals surface area contributed by atoms with Crippen LogP contribution in [0.2, 0.25) is 0 Å². The summed E-state index contributed by atoms with van der Waals surface area (Å²) < 4.78 is 16.4. The van der Waals surface area contributed by atoms with Gasteiger partial charge in [-0.1, -0.05) is 34.6 Å². The molecule has 0 rings (SSSR count). The number of carbonyl (C=O) groups is 1. The van der Waals surface area contributed by atoms with Gasteiger partial charge in [-0.3, -0.25) is 4.39 Å². The van der Waals surface area contributed by atoms with Crippen molar-refractivity contribution in [1.29, 1.82) is 0 Å². The van der Waals surface area contributed by atoms with Gasteiger partial charge in [0, 0.05) is 12.5 Å². The molecule has 4 heteroatoms. The molecule has 0 radical (unpaired) electrons. The van der Waals surface area contributed by atoms with Gasteiger partial charge in [-0.2, -0.15) is 0 Å². The monoisotopic (exact) mass is 235 g/mol. The minimum absolute atomic E-state index is 0.000883. The van der Waals surface area contributed by atoms with Crippen molar-refractivity contribution in [2.45, 2.75) is 54.0 Å². The Bertz CT molecular complexity index is 178. The fraction of sp³-hybridized carbons (Fsp3) is 0.917. The van der Waals surface area contributed by atoms with E-state index < -0.39 is 12.8 Å². The molecule has 0 aliphatic heterocycles. The maximum Gasteiger partial charge on any atom is 0.407 e. The van der Waals surface area contributed by atoms with E-state index in [0.29, 0.717) is 0 Å². The second-order valence-corrected chi connectivity index (χ2v) is 4.41. The molecule has 0 saturated carbocycles. The summed E-state index contributed by atoms with van der Waals surface area (Å²) in [6.07, 6.45) is -0.210. The Morgan fingerprint density at radius 2 is 1.88 bits per heavy atom. The zero-order valence-electron chi connectivity index (χ0n) is 11.4. The molecular weight excluding hydrogens is 209 g/mol. The van der Waals surface area contributed by atoms with Crippen molar-refractivity contribution in [1.82, 2.24) is 5.32 Å². The molecule has 0 heterocycles. The van der Waals surface area contributed by atoms with Crippen molar-refractivity contribution in [3.05, 3.63) is 0 Å². The van der Waals surface area contributed by atoms with Gasteiger partial charge in [-0.05, 0) is 12.3 Å². The van der Waals surface area contributed by atoms with Crippen molar-refractivity contribution in [2.75, 3.05) is 13.3 Å². The average molecular weight is 235 g/mol. The van der Waals surface area contributed by atoms with Crippen LogP contribution in [0.1, 0.15) is 48.0 Å². The first kappa shape index (κ1) is 17.6. The van der Waals surface area contributed by atoms with Crippen molar-refractivity contribution in [3.8, 4) is 0 Å². The number of ether oxygens (including phenoxy) is 1. The SMILES string of the molecule is CC.CC(NC(=O)OCCCF)C(C)(C)C. The molecule has 98 valence electrons. The number of hydrogen-bond acceptors (Lipinski definition) is 2. The summed E-state index contributed by atoms with van der Waals surface area (Å²) in [5, 5.41) is 2.70. The van der Waals surface area contributed by atoms with E-state index in [0.717, 1.165) is 0 Å². The third-order valence-electron chi connectivity index (χ3n) is 2.14. The first-order valence-corrected chi connectivity index (χ1v) is 5.87. The minimum atomic E-state index is -0.471. The van der Waals surface area contributed by atoms with Crippen molar-refractivity contribution >= 4 is 6.09 Å². The lowest BCUT2D eigenvalue weighted by molar-refractivity contribution is 0.130. The first-order valence-electron chi connectivity index (χ1n) is 5.87. The van der Waals surface area contributed by atoms with E-state index in [1.165, 1.54) is 0 Å². The van der Waals surface area contributed by atoms with Crippen molar-refractivity contribution in [2.24, 2.45) is 5.41 Å². The molecule has 1 amide bonds. The largest absolute Gasteiger partial charge is 0.449 e. The molecule has 1 unspecified atom stereocenters. The smallest absolute Gasteiger partial charge is 0.407 e. The van der Waals surface area contributed by atoms with Gasteiger partial charge in [-0.15, -0.1) is 0 Å². The number of rotatable bonds is 4. The Hall–Kier alpha value is -0.800. The first-order chi connectivity index (χ1) is 7.38. The van der Waals surface area contributed by atoms with Crippen LogP contribution >= 0.6 is 0 Å². The lowest BCUT2D eigenvalue weighted by atomic mass is 9.88. The van der Waals surface area contributed by atoms with Gasteiger partial charge >= 0.3 is 6.09 Å². The molecule has 0 aliphatic rings. The Labute approximate surface area is 98.7 Å². The fourth-order valence-corrected chi connectivity index (χ4v) is 0.654. The normalized spacial score (nSPS) is 12.2. The van der Waals surface area contributed by atoms with E-state index in [9.17, 15) is 9.18 Å². The van der Waals surface area contributed by atoms with Crippen LogP contribution in [0.5, 0.6) is 0 Å². The standard InChI is InChI=1S/C10H20FNO2.C2H6/c1-8(10(2,3)4)12-9(13)14-7-5-6-11;1-2/h8H,5-7H2,1-4H3,(H,12,13);1-2H3. The molecule has 0 aromatic carbocycles. The second kappa shape index (κ2) is 9.43. The lowest BCUT2D eigenvalue weighted by Crippen LogP contribution is -2.41. The number of hydrogen-bond donors (Lipinski definition) is 1. The topological polar surface area (TPSA) is 38.3 Å². The molecule has 0 fully saturated rings. The third kappa shape index (κ3) is 9.74. The highest BCUT2D eigenvalue weighted by atomic mass is 19.1. The highest BCUT2D eigenvalue weighted by Gasteiger charge is 2.21. The summed E-state index contributed by atoms with van der Waals surface area (Å²) in [6, 6.07) is 0.0281. The Balaban J connectivity index is 0. The molecule has 16 heavy (non-hydrogen) atoms. The molecule has 0 bridgehead atoms. The predicted octanol–water partition coefficient (Wildman–Crippen LogP) is 3.53. The van der Waals surface area contributed by atoms with Crippen LogP contribution in [0.3, 0.4) is 0 Å². The van der Waals surface area contributed by atoms with Crippen LogP contribution < -0.4 is 5.32 Å². The van der Waals surface area contributed by atoms with Crippen molar-refractivity contribution < 1.29 is 13.9 Å². The molecule has 1 N–H and O–H groups in total. The van der Waals surface area contributed by atoms with Gasteiger partial charge in [0.05, 0.1) is 13.3 Å². The number of alkyl halides is 1. The van der Waals surface area contributed by atoms with Gasteiger partial charge in [0.15, 0.2) is 0 Å². The molecule has 0 saturated heterocycles. The zero-order valence-corrected chi connectivity index (χ0v) is 11.4. The van der Waals surface area contributed by atoms with Crippen LogP contribution in [0.15, 0.2) is 0 Å². The van der Waals surface area contributed by atoms with E-state index in [1.54, 1.807) is 0 Å². The third-order valence-corrected chi connectivity index (χ3v) is 2.14. The zero-order chi connectivity index (χ0) is 13.2. The second-order valence-electron chi connectivity index (χ2n) is 4.41. The summed E-state index contributed by atoms with van der Waals surface area (Å²) >= 11 is 0. The predicted molar refractivity (Wildman–Crippen MR) is 65.3 cm³/mol. The Kier molecular flexibility index (Phi) is 10.4. The van der Waals surface area contributed by atoms with Crippen LogP contribution in [-0.2, 0) is 4.74 Å². The maximum atomic E-state index is 11.7. The summed E-state index contributed by atoms with van der Waals surface area (Å²) in [5.74, 6) is 0. The van der Waals surface area contributed by atoms with Gasteiger partial charge < -0.3 is 10.1 Å². The molecule has 0 aromatic heterocycles. The molecule has 0 aromatic rings. The highest BCUT2D eigenvalue weighted by molar-refractivity contribution is 5.67. The maximum absolute atomic E-state index is 11.7. The van der Waals surface area contributed by atoms with Crippen LogP contribution in [0.25, 0.3) is 0 Å². The average Bonchev–Trinajstić information content (AvgIpc) is 2.19. The van der Waals surface area contributed by atoms with Crippen LogP contribution in [-0.4, -0.2) is 25.4 Å². The fourth-order valence-electron chi connectivity index (χ4n) is 0.654. The minimum Gasteiger partial charge on any atom is -0.449 e. The van der Waals surface area contributed by atoms with Gasteiger partial charge in [-0.25, -0.2) is 4.79 Å². The number of amides is 1. The summed E-state index contributed by atoms with van der Waals surface area (Å²) in [6.45, 7) is 11.7. The summed E-state index contributed by atoms with van der Waals surface area (Å²) in [5.41, 5.74) is -0.000883. The Morgan fingerprint density at radius 1 is 1.38 bits per heavy atom. The van der Waals surface area contributed by atoms with Gasteiger partial charge in [0.1, 0.15) is 0 Å². The summed E-state index contributed by atoms with van der Waals surface area (Å²) in [4.78, 5) is 11.1. The van der Waals surface area contributed by atoms with Gasteiger partial charge in [0.25, 0.3) is 0 Å². The number of nitrogens with one attached hydrogen (secondary N) is 1. The van der Waals surface area contributed by atoms with Crippen LogP contribution in [0.4, 0.5) is 9.18 Å². The molecular formula is C12H26FNO2. The van der Waals surface area contributed by atoms with E-state index in [-0.39, 0.29) is 24.5 Å². The quantitative estimate of drug-likeness (QED) is 0.757. The molecule has 1 atom stereocenters. The van der Waals surface area contributed by atoms with E-state index >= 15 is 0 Å². The number of halogens is 1. The molecule has 0 spiro atoms. The molecule has 0 aliphatic carbocycles. The number of alkyl carbamates (subject to hydrolysis) is 1. The number of carbonyl (C=O) groups excluding carboxylic acids is 1. The summed E-state index contributed by atoms with van der Waals surface area (Å²) in [7, 11) is 0. The Morgan fingerprint density at radius 3 is 2.25 bits per heavy atom. The lowest BCUT2D eigenvalue weighted by Gasteiger charge is -2.27. The van der Waals surface area contributed by atoms with E-state index in [1.807, 2.05) is 41.5 Å². The van der Waals surface area contributed by atoms with E-state index in [2.05, 4.69) is 5.32 Å². The van der Waals surface area contributed by atoms with Gasteiger partial charge in [0.2, 0.25) is 0 Å². The molecule has 3 nitrogen and oxygen atoms in total. The van der Waals surface area contributed by atoms with Crippen molar-refractivity contribution in [3.63, 3.8) is 0 Å². The van der Waals surface area contributed by atoms with Crippen LogP contribution in [0, 0.1) is 5.41 Å². The van der Waals surface area contributed by atoms with E-state index in [4.69, 9.17) is 4.74 Å².